The van der Waals surface area contributed by atoms with Crippen molar-refractivity contribution in [3.8, 4) is 0 Å². The first-order valence-corrected chi connectivity index (χ1v) is 8.36. The fourth-order valence-electron chi connectivity index (χ4n) is 2.77. The summed E-state index contributed by atoms with van der Waals surface area (Å²) in [5.74, 6) is -0.452. The van der Waals surface area contributed by atoms with Gasteiger partial charge in [-0.25, -0.2) is 4.98 Å². The maximum Gasteiger partial charge on any atom is 0.273 e. The normalized spacial score (nSPS) is 25.4. The van der Waals surface area contributed by atoms with Gasteiger partial charge in [0.2, 0.25) is 0 Å². The molecule has 0 spiro atoms. The molecule has 4 atom stereocenters. The Bertz CT molecular complexity index is 781. The van der Waals surface area contributed by atoms with E-state index in [2.05, 4.69) is 10.3 Å². The second-order valence-electron chi connectivity index (χ2n) is 5.98. The number of nitrogens with zero attached hydrogens (tertiary/aromatic N) is 2. The highest BCUT2D eigenvalue weighted by atomic mass is 35.5. The van der Waals surface area contributed by atoms with E-state index in [4.69, 9.17) is 27.8 Å². The summed E-state index contributed by atoms with van der Waals surface area (Å²) in [7, 11) is 0. The number of aliphatic hydroxyl groups excluding tert-OH is 2. The lowest BCUT2D eigenvalue weighted by molar-refractivity contribution is -0.0330. The molecule has 0 aliphatic carbocycles. The Morgan fingerprint density at radius 1 is 1.31 bits per heavy atom. The minimum atomic E-state index is -1.23. The van der Waals surface area contributed by atoms with Crippen molar-refractivity contribution in [3.05, 3.63) is 46.9 Å². The number of hydrogen-bond acceptors (Lipinski definition) is 7. The lowest BCUT2D eigenvalue weighted by Gasteiger charge is -2.17. The summed E-state index contributed by atoms with van der Waals surface area (Å²) in [6, 6.07) is 7.04. The standard InChI is InChI=1S/C16H20ClN5O4/c17-9-3-1-8(2-4-9)6-20-15(25)11-14(19)22(7-21-11)16-13(24)12(23)10(5-18)26-16/h1-4,7,10,12-13,16,23-24H,5-6,18-19H2,(H,20,25)/t10-,12-,13-,16-/m1/s1. The Balaban J connectivity index is 1.70. The number of nitrogens with two attached hydrogens (primary N) is 2. The highest BCUT2D eigenvalue weighted by Gasteiger charge is 2.43. The molecule has 1 aliphatic rings. The zero-order chi connectivity index (χ0) is 18.8. The third-order valence-electron chi connectivity index (χ3n) is 4.26. The van der Waals surface area contributed by atoms with Gasteiger partial charge in [0.05, 0.1) is 6.33 Å². The number of nitrogen functional groups attached to an aromatic ring is 1. The van der Waals surface area contributed by atoms with Crippen molar-refractivity contribution in [2.45, 2.75) is 31.1 Å². The van der Waals surface area contributed by atoms with Gasteiger partial charge in [0.25, 0.3) is 5.91 Å². The number of ether oxygens (including phenoxy) is 1. The molecule has 2 heterocycles. The molecule has 1 saturated heterocycles. The first-order chi connectivity index (χ1) is 12.4. The topological polar surface area (TPSA) is 149 Å². The lowest BCUT2D eigenvalue weighted by Crippen LogP contribution is -2.35. The molecule has 140 valence electrons. The second-order valence-corrected chi connectivity index (χ2v) is 6.41. The summed E-state index contributed by atoms with van der Waals surface area (Å²) in [6.07, 6.45) is -2.78. The molecule has 0 unspecified atom stereocenters. The van der Waals surface area contributed by atoms with Gasteiger partial charge in [0, 0.05) is 18.1 Å². The Labute approximate surface area is 154 Å². The number of aromatic nitrogens is 2. The van der Waals surface area contributed by atoms with Crippen LogP contribution in [0.15, 0.2) is 30.6 Å². The van der Waals surface area contributed by atoms with Gasteiger partial charge in [0.1, 0.15) is 24.1 Å². The Kier molecular flexibility index (Phi) is 5.44. The van der Waals surface area contributed by atoms with Crippen LogP contribution >= 0.6 is 11.6 Å². The van der Waals surface area contributed by atoms with Crippen LogP contribution in [-0.2, 0) is 11.3 Å². The average molecular weight is 382 g/mol. The van der Waals surface area contributed by atoms with Gasteiger partial charge >= 0.3 is 0 Å². The van der Waals surface area contributed by atoms with Crippen LogP contribution in [0.4, 0.5) is 5.82 Å². The average Bonchev–Trinajstić information content (AvgIpc) is 3.14. The van der Waals surface area contributed by atoms with Crippen LogP contribution in [0.3, 0.4) is 0 Å². The SMILES string of the molecule is NC[C@H]1O[C@@H](n2cnc(C(=O)NCc3ccc(Cl)cc3)c2N)[C@H](O)[C@@H]1O. The maximum atomic E-state index is 12.3. The fourth-order valence-corrected chi connectivity index (χ4v) is 2.90. The molecule has 1 aliphatic heterocycles. The molecule has 0 radical (unpaired) electrons. The van der Waals surface area contributed by atoms with E-state index in [1.165, 1.54) is 10.9 Å². The van der Waals surface area contributed by atoms with Crippen LogP contribution in [-0.4, -0.2) is 50.5 Å². The number of rotatable bonds is 5. The predicted octanol–water partition coefficient (Wildman–Crippen LogP) is -0.373. The zero-order valence-electron chi connectivity index (χ0n) is 13.7. The van der Waals surface area contributed by atoms with Crippen molar-refractivity contribution in [3.63, 3.8) is 0 Å². The molecule has 1 aromatic carbocycles. The molecular weight excluding hydrogens is 362 g/mol. The van der Waals surface area contributed by atoms with Gasteiger partial charge in [0.15, 0.2) is 11.9 Å². The first-order valence-electron chi connectivity index (χ1n) is 7.99. The van der Waals surface area contributed by atoms with Crippen LogP contribution in [0.25, 0.3) is 0 Å². The summed E-state index contributed by atoms with van der Waals surface area (Å²) in [5.41, 5.74) is 12.3. The van der Waals surface area contributed by atoms with Crippen molar-refractivity contribution in [2.75, 3.05) is 12.3 Å². The van der Waals surface area contributed by atoms with Crippen molar-refractivity contribution in [1.82, 2.24) is 14.9 Å². The van der Waals surface area contributed by atoms with Crippen molar-refractivity contribution in [1.29, 1.82) is 0 Å². The Hall–Kier alpha value is -2.17. The number of hydrogen-bond donors (Lipinski definition) is 5. The quantitative estimate of drug-likeness (QED) is 0.474. The van der Waals surface area contributed by atoms with E-state index in [0.717, 1.165) is 5.56 Å². The van der Waals surface area contributed by atoms with Gasteiger partial charge in [-0.3, -0.25) is 9.36 Å². The number of amides is 1. The molecule has 2 aromatic rings. The molecule has 0 bridgehead atoms. The minimum Gasteiger partial charge on any atom is -0.387 e. The van der Waals surface area contributed by atoms with Crippen molar-refractivity contribution >= 4 is 23.3 Å². The molecule has 1 amide bonds. The maximum absolute atomic E-state index is 12.3. The van der Waals surface area contributed by atoms with Gasteiger partial charge in [-0.15, -0.1) is 0 Å². The molecule has 26 heavy (non-hydrogen) atoms. The van der Waals surface area contributed by atoms with E-state index in [1.54, 1.807) is 24.3 Å². The highest BCUT2D eigenvalue weighted by molar-refractivity contribution is 6.30. The number of nitrogens with one attached hydrogen (secondary N) is 1. The van der Waals surface area contributed by atoms with E-state index >= 15 is 0 Å². The monoisotopic (exact) mass is 381 g/mol. The van der Waals surface area contributed by atoms with Crippen molar-refractivity contribution in [2.24, 2.45) is 5.73 Å². The van der Waals surface area contributed by atoms with Crippen LogP contribution < -0.4 is 16.8 Å². The number of carbonyl (C=O) groups is 1. The van der Waals surface area contributed by atoms with E-state index in [0.29, 0.717) is 5.02 Å². The van der Waals surface area contributed by atoms with Crippen LogP contribution in [0.2, 0.25) is 5.02 Å². The number of benzene rings is 1. The first kappa shape index (κ1) is 18.6. The van der Waals surface area contributed by atoms with E-state index in [1.807, 2.05) is 0 Å². The number of anilines is 1. The fraction of sp³-hybridized carbons (Fsp3) is 0.375. The minimum absolute atomic E-state index is 0.000418. The molecule has 0 saturated carbocycles. The summed E-state index contributed by atoms with van der Waals surface area (Å²) in [5, 5.41) is 23.3. The molecule has 1 fully saturated rings. The van der Waals surface area contributed by atoms with E-state index in [9.17, 15) is 15.0 Å². The third kappa shape index (κ3) is 3.53. The molecule has 3 rings (SSSR count). The lowest BCUT2D eigenvalue weighted by atomic mass is 10.1. The van der Waals surface area contributed by atoms with E-state index in [-0.39, 0.29) is 24.6 Å². The zero-order valence-corrected chi connectivity index (χ0v) is 14.5. The van der Waals surface area contributed by atoms with Crippen LogP contribution in [0.5, 0.6) is 0 Å². The summed E-state index contributed by atoms with van der Waals surface area (Å²) >= 11 is 5.82. The summed E-state index contributed by atoms with van der Waals surface area (Å²) < 4.78 is 6.82. The number of halogens is 1. The predicted molar refractivity (Wildman–Crippen MR) is 94.2 cm³/mol. The summed E-state index contributed by atoms with van der Waals surface area (Å²) in [4.78, 5) is 16.3. The Morgan fingerprint density at radius 2 is 2.00 bits per heavy atom. The molecule has 10 heteroatoms. The van der Waals surface area contributed by atoms with Gasteiger partial charge < -0.3 is 31.7 Å². The van der Waals surface area contributed by atoms with Gasteiger partial charge in [-0.05, 0) is 17.7 Å². The number of aliphatic hydroxyl groups is 2. The molecule has 1 aromatic heterocycles. The van der Waals surface area contributed by atoms with Crippen molar-refractivity contribution < 1.29 is 19.7 Å². The van der Waals surface area contributed by atoms with Crippen LogP contribution in [0.1, 0.15) is 22.3 Å². The molecule has 9 nitrogen and oxygen atoms in total. The second kappa shape index (κ2) is 7.60. The highest BCUT2D eigenvalue weighted by Crippen LogP contribution is 2.31. The van der Waals surface area contributed by atoms with E-state index < -0.39 is 30.4 Å². The molecular formula is C16H20ClN5O4. The van der Waals surface area contributed by atoms with Crippen LogP contribution in [0, 0.1) is 0 Å². The van der Waals surface area contributed by atoms with Gasteiger partial charge in [-0.2, -0.15) is 0 Å². The number of carbonyl (C=O) groups excluding carboxylic acids is 1. The molecule has 7 N–H and O–H groups in total. The van der Waals surface area contributed by atoms with Gasteiger partial charge in [-0.1, -0.05) is 23.7 Å². The number of imidazole rings is 1. The Morgan fingerprint density at radius 3 is 2.62 bits per heavy atom. The third-order valence-corrected chi connectivity index (χ3v) is 4.51. The summed E-state index contributed by atoms with van der Waals surface area (Å²) in [6.45, 7) is 0.316. The largest absolute Gasteiger partial charge is 0.387 e. The smallest absolute Gasteiger partial charge is 0.273 e.